The predicted molar refractivity (Wildman–Crippen MR) is 72.4 cm³/mol. The Labute approximate surface area is 114 Å². The van der Waals surface area contributed by atoms with Gasteiger partial charge in [0.05, 0.1) is 5.02 Å². The lowest BCUT2D eigenvalue weighted by atomic mass is 10.1. The Balaban J connectivity index is 2.34. The minimum Gasteiger partial charge on any atom is -0.324 e. The molecule has 0 spiro atoms. The Morgan fingerprint density at radius 2 is 2.11 bits per heavy atom. The fraction of sp³-hybridized carbons (Fsp3) is 0.154. The Morgan fingerprint density at radius 3 is 2.72 bits per heavy atom. The molecule has 2 N–H and O–H groups in total. The van der Waals surface area contributed by atoms with Crippen LogP contribution in [0.4, 0.5) is 4.39 Å². The summed E-state index contributed by atoms with van der Waals surface area (Å²) in [5.41, 5.74) is 6.31. The van der Waals surface area contributed by atoms with E-state index in [1.165, 1.54) is 17.8 Å². The topological polar surface area (TPSA) is 38.9 Å². The lowest BCUT2D eigenvalue weighted by Crippen LogP contribution is -2.08. The SMILES string of the molecule is C[C@@H](N)c1c(F)cccc1Sc1ccc(Cl)cn1. The van der Waals surface area contributed by atoms with Gasteiger partial charge in [0.2, 0.25) is 0 Å². The van der Waals surface area contributed by atoms with Crippen LogP contribution in [0.25, 0.3) is 0 Å². The van der Waals surface area contributed by atoms with Gasteiger partial charge in [-0.1, -0.05) is 29.4 Å². The first-order valence-corrected chi connectivity index (χ1v) is 6.61. The van der Waals surface area contributed by atoms with E-state index in [0.717, 1.165) is 9.92 Å². The molecule has 5 heteroatoms. The van der Waals surface area contributed by atoms with E-state index in [1.807, 2.05) is 6.07 Å². The number of nitrogens with zero attached hydrogens (tertiary/aromatic N) is 1. The smallest absolute Gasteiger partial charge is 0.129 e. The molecule has 0 aliphatic heterocycles. The van der Waals surface area contributed by atoms with Crippen molar-refractivity contribution in [3.05, 3.63) is 52.9 Å². The van der Waals surface area contributed by atoms with Crippen molar-refractivity contribution in [3.63, 3.8) is 0 Å². The maximum atomic E-state index is 13.7. The third-order valence-corrected chi connectivity index (χ3v) is 3.63. The summed E-state index contributed by atoms with van der Waals surface area (Å²) in [5, 5.41) is 1.33. The third kappa shape index (κ3) is 3.02. The molecule has 2 aromatic rings. The molecule has 18 heavy (non-hydrogen) atoms. The third-order valence-electron chi connectivity index (χ3n) is 2.38. The number of benzene rings is 1. The number of hydrogen-bond acceptors (Lipinski definition) is 3. The van der Waals surface area contributed by atoms with Gasteiger partial charge in [0.1, 0.15) is 10.8 Å². The molecule has 0 bridgehead atoms. The van der Waals surface area contributed by atoms with Crippen molar-refractivity contribution in [3.8, 4) is 0 Å². The van der Waals surface area contributed by atoms with Crippen LogP contribution in [-0.4, -0.2) is 4.98 Å². The molecule has 1 aromatic carbocycles. The van der Waals surface area contributed by atoms with Crippen LogP contribution < -0.4 is 5.73 Å². The van der Waals surface area contributed by atoms with Gasteiger partial charge in [-0.2, -0.15) is 0 Å². The summed E-state index contributed by atoms with van der Waals surface area (Å²) in [6.45, 7) is 1.76. The average Bonchev–Trinajstić information content (AvgIpc) is 2.32. The summed E-state index contributed by atoms with van der Waals surface area (Å²) in [6.07, 6.45) is 1.56. The molecule has 0 saturated carbocycles. The van der Waals surface area contributed by atoms with Gasteiger partial charge >= 0.3 is 0 Å². The summed E-state index contributed by atoms with van der Waals surface area (Å²) in [7, 11) is 0. The van der Waals surface area contributed by atoms with Crippen LogP contribution in [0.1, 0.15) is 18.5 Å². The summed E-state index contributed by atoms with van der Waals surface area (Å²) in [5.74, 6) is -0.288. The van der Waals surface area contributed by atoms with Gasteiger partial charge in [-0.05, 0) is 31.2 Å². The lowest BCUT2D eigenvalue weighted by Gasteiger charge is -2.12. The largest absolute Gasteiger partial charge is 0.324 e. The Bertz CT molecular complexity index is 543. The highest BCUT2D eigenvalue weighted by Gasteiger charge is 2.13. The van der Waals surface area contributed by atoms with Gasteiger partial charge in [-0.15, -0.1) is 0 Å². The van der Waals surface area contributed by atoms with Crippen molar-refractivity contribution in [2.75, 3.05) is 0 Å². The number of nitrogens with two attached hydrogens (primary N) is 1. The zero-order valence-electron chi connectivity index (χ0n) is 9.73. The predicted octanol–water partition coefficient (Wildman–Crippen LogP) is 4.05. The highest BCUT2D eigenvalue weighted by molar-refractivity contribution is 7.99. The molecular formula is C13H12ClFN2S. The average molecular weight is 283 g/mol. The normalized spacial score (nSPS) is 12.4. The molecule has 94 valence electrons. The van der Waals surface area contributed by atoms with Crippen molar-refractivity contribution in [1.82, 2.24) is 4.98 Å². The minimum atomic E-state index is -0.360. The molecule has 0 aliphatic carbocycles. The van der Waals surface area contributed by atoms with Crippen molar-refractivity contribution in [2.45, 2.75) is 22.9 Å². The second-order valence-electron chi connectivity index (χ2n) is 3.86. The molecule has 0 fully saturated rings. The van der Waals surface area contributed by atoms with E-state index in [1.54, 1.807) is 31.3 Å². The minimum absolute atomic E-state index is 0.288. The summed E-state index contributed by atoms with van der Waals surface area (Å²) < 4.78 is 13.7. The van der Waals surface area contributed by atoms with Crippen LogP contribution in [0.15, 0.2) is 46.5 Å². The quantitative estimate of drug-likeness (QED) is 0.923. The number of halogens is 2. The highest BCUT2D eigenvalue weighted by atomic mass is 35.5. The lowest BCUT2D eigenvalue weighted by molar-refractivity contribution is 0.585. The fourth-order valence-corrected chi connectivity index (χ4v) is 2.70. The van der Waals surface area contributed by atoms with Crippen LogP contribution in [0.5, 0.6) is 0 Å². The van der Waals surface area contributed by atoms with E-state index in [-0.39, 0.29) is 11.9 Å². The summed E-state index contributed by atoms with van der Waals surface area (Å²) >= 11 is 7.15. The van der Waals surface area contributed by atoms with Gasteiger partial charge in [0, 0.05) is 22.7 Å². The number of rotatable bonds is 3. The molecule has 0 saturated heterocycles. The summed E-state index contributed by atoms with van der Waals surface area (Å²) in [6, 6.07) is 8.10. The first-order valence-electron chi connectivity index (χ1n) is 5.41. The van der Waals surface area contributed by atoms with E-state index < -0.39 is 0 Å². The van der Waals surface area contributed by atoms with Crippen LogP contribution in [-0.2, 0) is 0 Å². The van der Waals surface area contributed by atoms with Crippen LogP contribution in [0.2, 0.25) is 5.02 Å². The molecule has 1 heterocycles. The van der Waals surface area contributed by atoms with Crippen molar-refractivity contribution >= 4 is 23.4 Å². The molecule has 2 rings (SSSR count). The zero-order valence-corrected chi connectivity index (χ0v) is 11.3. The molecular weight excluding hydrogens is 271 g/mol. The molecule has 0 unspecified atom stereocenters. The Hall–Kier alpha value is -1.10. The Morgan fingerprint density at radius 1 is 1.33 bits per heavy atom. The van der Waals surface area contributed by atoms with E-state index in [4.69, 9.17) is 17.3 Å². The highest BCUT2D eigenvalue weighted by Crippen LogP contribution is 2.33. The summed E-state index contributed by atoms with van der Waals surface area (Å²) in [4.78, 5) is 4.95. The zero-order chi connectivity index (χ0) is 13.1. The fourth-order valence-electron chi connectivity index (χ4n) is 1.58. The van der Waals surface area contributed by atoms with Crippen molar-refractivity contribution in [1.29, 1.82) is 0 Å². The second-order valence-corrected chi connectivity index (χ2v) is 5.36. The van der Waals surface area contributed by atoms with Gasteiger partial charge in [-0.25, -0.2) is 9.37 Å². The number of aromatic nitrogens is 1. The van der Waals surface area contributed by atoms with Crippen LogP contribution >= 0.6 is 23.4 Å². The first kappa shape index (κ1) is 13.3. The second kappa shape index (κ2) is 5.69. The maximum Gasteiger partial charge on any atom is 0.129 e. The van der Waals surface area contributed by atoms with Gasteiger partial charge in [0.15, 0.2) is 0 Å². The molecule has 1 atom stereocenters. The first-order chi connectivity index (χ1) is 8.58. The van der Waals surface area contributed by atoms with Gasteiger partial charge < -0.3 is 5.73 Å². The number of hydrogen-bond donors (Lipinski definition) is 1. The Kier molecular flexibility index (Phi) is 4.22. The monoisotopic (exact) mass is 282 g/mol. The van der Waals surface area contributed by atoms with Crippen molar-refractivity contribution in [2.24, 2.45) is 5.73 Å². The number of pyridine rings is 1. The standard InChI is InChI=1S/C13H12ClFN2S/c1-8(16)13-10(15)3-2-4-11(13)18-12-6-5-9(14)7-17-12/h2-8H,16H2,1H3/t8-/m1/s1. The van der Waals surface area contributed by atoms with E-state index in [2.05, 4.69) is 4.98 Å². The van der Waals surface area contributed by atoms with Crippen LogP contribution in [0, 0.1) is 5.82 Å². The van der Waals surface area contributed by atoms with Crippen molar-refractivity contribution < 1.29 is 4.39 Å². The van der Waals surface area contributed by atoms with E-state index in [0.29, 0.717) is 10.6 Å². The van der Waals surface area contributed by atoms with Crippen LogP contribution in [0.3, 0.4) is 0 Å². The maximum absolute atomic E-state index is 13.7. The van der Waals surface area contributed by atoms with E-state index in [9.17, 15) is 4.39 Å². The molecule has 2 nitrogen and oxygen atoms in total. The van der Waals surface area contributed by atoms with Gasteiger partial charge in [0.25, 0.3) is 0 Å². The van der Waals surface area contributed by atoms with Gasteiger partial charge in [-0.3, -0.25) is 0 Å². The molecule has 1 aromatic heterocycles. The molecule has 0 aliphatic rings. The molecule has 0 radical (unpaired) electrons. The van der Waals surface area contributed by atoms with E-state index >= 15 is 0 Å². The molecule has 0 amide bonds.